The standard InChI is InChI=1S/C12H11NO2S/c1-7(14)11-8(2)16-12(13-11)9-3-5-10(15)6-4-9/h3-6,15H,1-2H3. The van der Waals surface area contributed by atoms with Crippen molar-refractivity contribution >= 4 is 17.1 Å². The fraction of sp³-hybridized carbons (Fsp3) is 0.167. The number of phenolic OH excluding ortho intramolecular Hbond substituents is 1. The van der Waals surface area contributed by atoms with Gasteiger partial charge < -0.3 is 5.11 Å². The van der Waals surface area contributed by atoms with Crippen molar-refractivity contribution < 1.29 is 9.90 Å². The number of phenols is 1. The molecule has 0 saturated heterocycles. The Hall–Kier alpha value is -1.68. The maximum Gasteiger partial charge on any atom is 0.179 e. The molecular formula is C12H11NO2S. The summed E-state index contributed by atoms with van der Waals surface area (Å²) in [4.78, 5) is 16.5. The van der Waals surface area contributed by atoms with Gasteiger partial charge in [0.2, 0.25) is 0 Å². The van der Waals surface area contributed by atoms with E-state index < -0.39 is 0 Å². The third-order valence-corrected chi connectivity index (χ3v) is 3.26. The van der Waals surface area contributed by atoms with Crippen molar-refractivity contribution in [3.63, 3.8) is 0 Å². The van der Waals surface area contributed by atoms with Crippen LogP contribution in [-0.4, -0.2) is 15.9 Å². The van der Waals surface area contributed by atoms with E-state index in [4.69, 9.17) is 0 Å². The molecule has 0 unspecified atom stereocenters. The van der Waals surface area contributed by atoms with E-state index in [0.717, 1.165) is 15.4 Å². The number of aromatic nitrogens is 1. The SMILES string of the molecule is CC(=O)c1nc(-c2ccc(O)cc2)sc1C. The summed E-state index contributed by atoms with van der Waals surface area (Å²) < 4.78 is 0. The number of nitrogens with zero attached hydrogens (tertiary/aromatic N) is 1. The molecule has 0 amide bonds. The third-order valence-electron chi connectivity index (χ3n) is 2.24. The Balaban J connectivity index is 2.45. The molecule has 1 heterocycles. The summed E-state index contributed by atoms with van der Waals surface area (Å²) in [5, 5.41) is 9.99. The van der Waals surface area contributed by atoms with Crippen LogP contribution in [-0.2, 0) is 0 Å². The van der Waals surface area contributed by atoms with Gasteiger partial charge in [0, 0.05) is 17.4 Å². The molecule has 1 aromatic carbocycles. The molecule has 0 spiro atoms. The van der Waals surface area contributed by atoms with E-state index in [2.05, 4.69) is 4.98 Å². The van der Waals surface area contributed by atoms with Crippen LogP contribution in [0.15, 0.2) is 24.3 Å². The van der Waals surface area contributed by atoms with E-state index in [9.17, 15) is 9.90 Å². The van der Waals surface area contributed by atoms with Gasteiger partial charge in [0.05, 0.1) is 0 Å². The molecule has 0 fully saturated rings. The molecule has 0 aliphatic heterocycles. The van der Waals surface area contributed by atoms with Gasteiger partial charge in [0.25, 0.3) is 0 Å². The number of aromatic hydroxyl groups is 1. The van der Waals surface area contributed by atoms with Crippen molar-refractivity contribution in [1.82, 2.24) is 4.98 Å². The first-order chi connectivity index (χ1) is 7.58. The Morgan fingerprint density at radius 2 is 1.94 bits per heavy atom. The van der Waals surface area contributed by atoms with E-state index in [-0.39, 0.29) is 11.5 Å². The summed E-state index contributed by atoms with van der Waals surface area (Å²) in [6, 6.07) is 6.80. The van der Waals surface area contributed by atoms with Crippen LogP contribution in [0.1, 0.15) is 22.3 Å². The van der Waals surface area contributed by atoms with Crippen LogP contribution >= 0.6 is 11.3 Å². The molecule has 4 heteroatoms. The first-order valence-corrected chi connectivity index (χ1v) is 5.67. The highest BCUT2D eigenvalue weighted by molar-refractivity contribution is 7.15. The van der Waals surface area contributed by atoms with Gasteiger partial charge in [-0.1, -0.05) is 0 Å². The molecule has 0 atom stereocenters. The lowest BCUT2D eigenvalue weighted by Gasteiger charge is -1.95. The van der Waals surface area contributed by atoms with Crippen LogP contribution in [0.5, 0.6) is 5.75 Å². The number of hydrogen-bond acceptors (Lipinski definition) is 4. The number of carbonyl (C=O) groups is 1. The largest absolute Gasteiger partial charge is 0.508 e. The van der Waals surface area contributed by atoms with Crippen LogP contribution in [0, 0.1) is 6.92 Å². The number of hydrogen-bond donors (Lipinski definition) is 1. The van der Waals surface area contributed by atoms with Gasteiger partial charge >= 0.3 is 0 Å². The van der Waals surface area contributed by atoms with Crippen LogP contribution in [0.2, 0.25) is 0 Å². The lowest BCUT2D eigenvalue weighted by molar-refractivity contribution is 0.101. The highest BCUT2D eigenvalue weighted by Gasteiger charge is 2.12. The minimum atomic E-state index is -0.0150. The lowest BCUT2D eigenvalue weighted by Crippen LogP contribution is -1.94. The minimum absolute atomic E-state index is 0.0150. The second kappa shape index (κ2) is 4.06. The fourth-order valence-electron chi connectivity index (χ4n) is 1.45. The molecule has 0 radical (unpaired) electrons. The molecule has 1 aromatic heterocycles. The van der Waals surface area contributed by atoms with Crippen LogP contribution in [0.3, 0.4) is 0 Å². The molecule has 16 heavy (non-hydrogen) atoms. The molecule has 2 aromatic rings. The maximum absolute atomic E-state index is 11.3. The van der Waals surface area contributed by atoms with Gasteiger partial charge in [-0.05, 0) is 31.2 Å². The van der Waals surface area contributed by atoms with Crippen molar-refractivity contribution in [2.24, 2.45) is 0 Å². The molecule has 0 aliphatic carbocycles. The smallest absolute Gasteiger partial charge is 0.179 e. The van der Waals surface area contributed by atoms with Crippen LogP contribution in [0.25, 0.3) is 10.6 Å². The Labute approximate surface area is 97.4 Å². The molecule has 2 rings (SSSR count). The predicted octanol–water partition coefficient (Wildman–Crippen LogP) is 3.03. The topological polar surface area (TPSA) is 50.2 Å². The number of Topliss-reactive ketones (excluding diaryl/α,β-unsaturated/α-hetero) is 1. The number of ketones is 1. The molecular weight excluding hydrogens is 222 g/mol. The summed E-state index contributed by atoms with van der Waals surface area (Å²) in [5.41, 5.74) is 1.45. The van der Waals surface area contributed by atoms with Crippen LogP contribution < -0.4 is 0 Å². The third kappa shape index (κ3) is 1.97. The number of carbonyl (C=O) groups excluding carboxylic acids is 1. The normalized spacial score (nSPS) is 10.4. The first kappa shape index (κ1) is 10.8. The monoisotopic (exact) mass is 233 g/mol. The van der Waals surface area contributed by atoms with Gasteiger partial charge in [-0.2, -0.15) is 0 Å². The summed E-state index contributed by atoms with van der Waals surface area (Å²) in [6.45, 7) is 3.40. The van der Waals surface area contributed by atoms with Gasteiger partial charge in [-0.15, -0.1) is 11.3 Å². The van der Waals surface area contributed by atoms with E-state index >= 15 is 0 Å². The average molecular weight is 233 g/mol. The summed E-state index contributed by atoms with van der Waals surface area (Å²) >= 11 is 1.49. The Bertz CT molecular complexity index is 528. The van der Waals surface area contributed by atoms with E-state index in [0.29, 0.717) is 5.69 Å². The highest BCUT2D eigenvalue weighted by Crippen LogP contribution is 2.28. The Kier molecular flexibility index (Phi) is 2.75. The zero-order valence-electron chi connectivity index (χ0n) is 9.02. The Morgan fingerprint density at radius 3 is 2.44 bits per heavy atom. The Morgan fingerprint density at radius 1 is 1.31 bits per heavy atom. The zero-order valence-corrected chi connectivity index (χ0v) is 9.84. The molecule has 0 saturated carbocycles. The molecule has 3 nitrogen and oxygen atoms in total. The molecule has 0 aliphatic rings. The molecule has 82 valence electrons. The second-order valence-electron chi connectivity index (χ2n) is 3.53. The van der Waals surface area contributed by atoms with Gasteiger partial charge in [0.15, 0.2) is 5.78 Å². The minimum Gasteiger partial charge on any atom is -0.508 e. The summed E-state index contributed by atoms with van der Waals surface area (Å²) in [7, 11) is 0. The zero-order chi connectivity index (χ0) is 11.7. The highest BCUT2D eigenvalue weighted by atomic mass is 32.1. The van der Waals surface area contributed by atoms with E-state index in [1.165, 1.54) is 18.3 Å². The van der Waals surface area contributed by atoms with E-state index in [1.54, 1.807) is 24.3 Å². The van der Waals surface area contributed by atoms with Crippen molar-refractivity contribution in [3.05, 3.63) is 34.8 Å². The fourth-order valence-corrected chi connectivity index (χ4v) is 2.42. The second-order valence-corrected chi connectivity index (χ2v) is 4.73. The molecule has 1 N–H and O–H groups in total. The molecule has 0 bridgehead atoms. The predicted molar refractivity (Wildman–Crippen MR) is 64.0 cm³/mol. The average Bonchev–Trinajstić information content (AvgIpc) is 2.61. The lowest BCUT2D eigenvalue weighted by atomic mass is 10.2. The van der Waals surface area contributed by atoms with Crippen molar-refractivity contribution in [3.8, 4) is 16.3 Å². The first-order valence-electron chi connectivity index (χ1n) is 4.85. The van der Waals surface area contributed by atoms with Crippen molar-refractivity contribution in [1.29, 1.82) is 0 Å². The number of aryl methyl sites for hydroxylation is 1. The number of thiazole rings is 1. The van der Waals surface area contributed by atoms with Crippen LogP contribution in [0.4, 0.5) is 0 Å². The van der Waals surface area contributed by atoms with Crippen molar-refractivity contribution in [2.45, 2.75) is 13.8 Å². The maximum atomic E-state index is 11.3. The van der Waals surface area contributed by atoms with Gasteiger partial charge in [0.1, 0.15) is 16.5 Å². The number of rotatable bonds is 2. The van der Waals surface area contributed by atoms with Crippen molar-refractivity contribution in [2.75, 3.05) is 0 Å². The number of benzene rings is 1. The summed E-state index contributed by atoms with van der Waals surface area (Å²) in [5.74, 6) is 0.211. The summed E-state index contributed by atoms with van der Waals surface area (Å²) in [6.07, 6.45) is 0. The van der Waals surface area contributed by atoms with Gasteiger partial charge in [-0.25, -0.2) is 4.98 Å². The quantitative estimate of drug-likeness (QED) is 0.811. The van der Waals surface area contributed by atoms with E-state index in [1.807, 2.05) is 6.92 Å². The van der Waals surface area contributed by atoms with Gasteiger partial charge in [-0.3, -0.25) is 4.79 Å².